The molecule has 2 heterocycles. The van der Waals surface area contributed by atoms with Crippen LogP contribution in [-0.4, -0.2) is 65.9 Å². The maximum absolute atomic E-state index is 11.4. The van der Waals surface area contributed by atoms with Gasteiger partial charge in [-0.1, -0.05) is 30.7 Å². The molecule has 3 rings (SSSR count). The number of hydrogen-bond donors (Lipinski definition) is 5. The molecule has 0 spiro atoms. The molecule has 6 N–H and O–H groups in total. The first-order valence-corrected chi connectivity index (χ1v) is 11.5. The van der Waals surface area contributed by atoms with E-state index in [4.69, 9.17) is 10.5 Å². The number of carboxylic acids is 2. The number of hydrogen-bond acceptors (Lipinski definition) is 10. The van der Waals surface area contributed by atoms with Crippen molar-refractivity contribution < 1.29 is 24.5 Å². The molecule has 0 bridgehead atoms. The summed E-state index contributed by atoms with van der Waals surface area (Å²) < 4.78 is 5.57. The summed E-state index contributed by atoms with van der Waals surface area (Å²) in [7, 11) is 1.56. The molecule has 1 atom stereocenters. The number of rotatable bonds is 14. The van der Waals surface area contributed by atoms with Gasteiger partial charge in [0.1, 0.15) is 11.6 Å². The monoisotopic (exact) mass is 498 g/mol. The van der Waals surface area contributed by atoms with Crippen molar-refractivity contribution in [3.05, 3.63) is 46.4 Å². The maximum atomic E-state index is 11.4. The van der Waals surface area contributed by atoms with E-state index in [2.05, 4.69) is 35.9 Å². The van der Waals surface area contributed by atoms with Gasteiger partial charge in [0.25, 0.3) is 0 Å². The lowest BCUT2D eigenvalue weighted by molar-refractivity contribution is -0.138. The first-order chi connectivity index (χ1) is 17.3. The summed E-state index contributed by atoms with van der Waals surface area (Å²) in [4.78, 5) is 31.4. The molecule has 0 radical (unpaired) electrons. The van der Waals surface area contributed by atoms with Crippen molar-refractivity contribution in [3.63, 3.8) is 0 Å². The molecule has 1 aromatic carbocycles. The van der Waals surface area contributed by atoms with Crippen LogP contribution in [0.15, 0.2) is 18.2 Å². The zero-order chi connectivity index (χ0) is 26.1. The Balaban J connectivity index is 2.04. The van der Waals surface area contributed by atoms with Crippen molar-refractivity contribution in [3.8, 4) is 5.75 Å². The lowest BCUT2D eigenvalue weighted by atomic mass is 9.97. The van der Waals surface area contributed by atoms with Crippen molar-refractivity contribution in [2.45, 2.75) is 57.9 Å². The van der Waals surface area contributed by atoms with E-state index in [1.54, 1.807) is 7.11 Å². The number of nitrogens with one attached hydrogen (secondary N) is 2. The van der Waals surface area contributed by atoms with Gasteiger partial charge in [-0.15, -0.1) is 10.2 Å². The molecule has 36 heavy (non-hydrogen) atoms. The second kappa shape index (κ2) is 12.4. The molecule has 0 unspecified atom stereocenters. The van der Waals surface area contributed by atoms with Crippen molar-refractivity contribution in [2.75, 3.05) is 18.2 Å². The van der Waals surface area contributed by atoms with Crippen LogP contribution in [0.2, 0.25) is 0 Å². The molecule has 192 valence electrons. The molecule has 0 aliphatic rings. The lowest BCUT2D eigenvalue weighted by Gasteiger charge is -2.21. The van der Waals surface area contributed by atoms with E-state index in [0.29, 0.717) is 47.9 Å². The van der Waals surface area contributed by atoms with Gasteiger partial charge in [-0.2, -0.15) is 10.2 Å². The van der Waals surface area contributed by atoms with Gasteiger partial charge in [0.2, 0.25) is 5.95 Å². The highest BCUT2D eigenvalue weighted by Crippen LogP contribution is 2.29. The molecule has 0 saturated heterocycles. The standard InChI is InChI=1S/C23H30N8O5/c1-3-4-15(12-21(34)35)25-22-16(17(6-8-20(32)33)26-23(24)27-22)11-14-9-13(5-7-18(14)36-2)10-19-28-30-31-29-19/h5,7,9,15H,3-4,6,8,10-12H2,1-2H3,(H,32,33)(H,34,35)(H3,24,25,26,27)(H,28,29,30,31)/t15-/m0/s1. The molecular weight excluding hydrogens is 468 g/mol. The number of anilines is 2. The van der Waals surface area contributed by atoms with Gasteiger partial charge in [0, 0.05) is 30.9 Å². The summed E-state index contributed by atoms with van der Waals surface area (Å²) in [6, 6.07) is 5.28. The van der Waals surface area contributed by atoms with Gasteiger partial charge in [-0.05, 0) is 23.6 Å². The van der Waals surface area contributed by atoms with Crippen LogP contribution in [0.5, 0.6) is 5.75 Å². The number of carboxylic acid groups (broad SMARTS) is 2. The molecule has 0 amide bonds. The zero-order valence-corrected chi connectivity index (χ0v) is 20.2. The lowest BCUT2D eigenvalue weighted by Crippen LogP contribution is -2.25. The topological polar surface area (TPSA) is 202 Å². The highest BCUT2D eigenvalue weighted by molar-refractivity contribution is 5.69. The number of nitrogens with two attached hydrogens (primary N) is 1. The molecule has 13 heteroatoms. The second-order valence-electron chi connectivity index (χ2n) is 8.30. The smallest absolute Gasteiger partial charge is 0.305 e. The fourth-order valence-corrected chi connectivity index (χ4v) is 3.98. The average Bonchev–Trinajstić information content (AvgIpc) is 3.32. The van der Waals surface area contributed by atoms with Crippen LogP contribution >= 0.6 is 0 Å². The summed E-state index contributed by atoms with van der Waals surface area (Å²) in [6.07, 6.45) is 1.99. The van der Waals surface area contributed by atoms with Gasteiger partial charge in [-0.3, -0.25) is 9.59 Å². The number of benzene rings is 1. The Hall–Kier alpha value is -4.29. The number of nitrogens with zero attached hydrogens (tertiary/aromatic N) is 5. The molecule has 2 aromatic heterocycles. The third kappa shape index (κ3) is 7.35. The Morgan fingerprint density at radius 1 is 1.19 bits per heavy atom. The predicted octanol–water partition coefficient (Wildman–Crippen LogP) is 1.83. The van der Waals surface area contributed by atoms with E-state index in [0.717, 1.165) is 17.5 Å². The number of carbonyl (C=O) groups is 2. The Kier molecular flexibility index (Phi) is 9.08. The van der Waals surface area contributed by atoms with E-state index in [1.165, 1.54) is 0 Å². The van der Waals surface area contributed by atoms with Crippen molar-refractivity contribution >= 4 is 23.7 Å². The fourth-order valence-electron chi connectivity index (χ4n) is 3.98. The molecular formula is C23H30N8O5. The fraction of sp³-hybridized carbons (Fsp3) is 0.435. The number of H-pyrrole nitrogens is 1. The highest BCUT2D eigenvalue weighted by Gasteiger charge is 2.21. The summed E-state index contributed by atoms with van der Waals surface area (Å²) in [5.74, 6) is -0.399. The van der Waals surface area contributed by atoms with Crippen LogP contribution in [0.4, 0.5) is 11.8 Å². The van der Waals surface area contributed by atoms with Gasteiger partial charge in [0.15, 0.2) is 5.82 Å². The van der Waals surface area contributed by atoms with Gasteiger partial charge in [-0.25, -0.2) is 4.98 Å². The highest BCUT2D eigenvalue weighted by atomic mass is 16.5. The molecule has 0 fully saturated rings. The Bertz CT molecular complexity index is 1190. The minimum Gasteiger partial charge on any atom is -0.496 e. The minimum absolute atomic E-state index is 0.0231. The Labute approximate surface area is 207 Å². The first-order valence-electron chi connectivity index (χ1n) is 11.5. The SMILES string of the molecule is CCC[C@@H](CC(=O)O)Nc1nc(N)nc(CCC(=O)O)c1Cc1cc(Cc2nn[nH]n2)ccc1OC. The third-order valence-corrected chi connectivity index (χ3v) is 5.55. The number of methoxy groups -OCH3 is 1. The second-order valence-corrected chi connectivity index (χ2v) is 8.30. The quantitative estimate of drug-likeness (QED) is 0.216. The van der Waals surface area contributed by atoms with Crippen LogP contribution in [0.25, 0.3) is 0 Å². The number of aliphatic carboxylic acids is 2. The molecule has 3 aromatic rings. The van der Waals surface area contributed by atoms with Crippen LogP contribution in [0.1, 0.15) is 60.8 Å². The van der Waals surface area contributed by atoms with Crippen LogP contribution in [-0.2, 0) is 28.9 Å². The number of nitrogen functional groups attached to an aromatic ring is 1. The maximum Gasteiger partial charge on any atom is 0.305 e. The van der Waals surface area contributed by atoms with E-state index in [1.807, 2.05) is 25.1 Å². The summed E-state index contributed by atoms with van der Waals surface area (Å²) in [6.45, 7) is 1.96. The predicted molar refractivity (Wildman–Crippen MR) is 130 cm³/mol. The number of ether oxygens (including phenoxy) is 1. The molecule has 13 nitrogen and oxygen atoms in total. The number of aryl methyl sites for hydroxylation is 1. The van der Waals surface area contributed by atoms with Gasteiger partial charge < -0.3 is 26.0 Å². The first kappa shape index (κ1) is 26.3. The summed E-state index contributed by atoms with van der Waals surface area (Å²) in [5.41, 5.74) is 8.79. The zero-order valence-electron chi connectivity index (χ0n) is 20.2. The van der Waals surface area contributed by atoms with Crippen molar-refractivity contribution in [2.24, 2.45) is 0 Å². The van der Waals surface area contributed by atoms with Crippen LogP contribution in [0.3, 0.4) is 0 Å². The minimum atomic E-state index is -0.970. The third-order valence-electron chi connectivity index (χ3n) is 5.55. The normalized spacial score (nSPS) is 11.7. The number of aromatic nitrogens is 6. The van der Waals surface area contributed by atoms with E-state index < -0.39 is 11.9 Å². The number of tetrazole rings is 1. The molecule has 0 saturated carbocycles. The van der Waals surface area contributed by atoms with E-state index in [-0.39, 0.29) is 31.3 Å². The summed E-state index contributed by atoms with van der Waals surface area (Å²) in [5, 5.41) is 35.8. The average molecular weight is 499 g/mol. The Morgan fingerprint density at radius 3 is 2.64 bits per heavy atom. The van der Waals surface area contributed by atoms with Crippen molar-refractivity contribution in [1.82, 2.24) is 30.6 Å². The molecule has 0 aliphatic heterocycles. The van der Waals surface area contributed by atoms with Gasteiger partial charge >= 0.3 is 11.9 Å². The Morgan fingerprint density at radius 2 is 2.00 bits per heavy atom. The van der Waals surface area contributed by atoms with E-state index in [9.17, 15) is 19.8 Å². The number of aromatic amines is 1. The largest absolute Gasteiger partial charge is 0.496 e. The van der Waals surface area contributed by atoms with E-state index >= 15 is 0 Å². The molecule has 0 aliphatic carbocycles. The van der Waals surface area contributed by atoms with Gasteiger partial charge in [0.05, 0.1) is 25.6 Å². The van der Waals surface area contributed by atoms with Crippen LogP contribution in [0, 0.1) is 0 Å². The van der Waals surface area contributed by atoms with Crippen molar-refractivity contribution in [1.29, 1.82) is 0 Å². The summed E-state index contributed by atoms with van der Waals surface area (Å²) >= 11 is 0. The van der Waals surface area contributed by atoms with Crippen LogP contribution < -0.4 is 15.8 Å².